The average Bonchev–Trinajstić information content (AvgIpc) is 2.77. The highest BCUT2D eigenvalue weighted by Crippen LogP contribution is 2.30. The molecular weight excluding hydrogens is 366 g/mol. The van der Waals surface area contributed by atoms with Crippen LogP contribution in [0, 0.1) is 0 Å². The molecule has 2 aromatic carbocycles. The van der Waals surface area contributed by atoms with E-state index < -0.39 is 5.69 Å². The maximum absolute atomic E-state index is 12.0. The molecule has 0 atom stereocenters. The van der Waals surface area contributed by atoms with Crippen molar-refractivity contribution >= 4 is 33.4 Å². The molecule has 0 aliphatic rings. The van der Waals surface area contributed by atoms with Gasteiger partial charge in [0, 0.05) is 23.5 Å². The summed E-state index contributed by atoms with van der Waals surface area (Å²) in [6, 6.07) is 21.2. The Morgan fingerprint density at radius 3 is 2.66 bits per heavy atom. The Bertz CT molecular complexity index is 1420. The van der Waals surface area contributed by atoms with Crippen LogP contribution in [0.2, 0.25) is 0 Å². The summed E-state index contributed by atoms with van der Waals surface area (Å²) in [5, 5.41) is 14.7. The highest BCUT2D eigenvalue weighted by molar-refractivity contribution is 5.95. The molecule has 0 unspecified atom stereocenters. The van der Waals surface area contributed by atoms with E-state index in [1.54, 1.807) is 18.3 Å². The molecule has 7 heteroatoms. The summed E-state index contributed by atoms with van der Waals surface area (Å²) in [5.41, 5.74) is 3.10. The fraction of sp³-hybridized carbons (Fsp3) is 0. The number of fused-ring (bicyclic) bond motifs is 2. The van der Waals surface area contributed by atoms with Crippen molar-refractivity contribution in [1.29, 1.82) is 0 Å². The molecule has 0 amide bonds. The molecule has 0 bridgehead atoms. The number of hydrogen-bond acceptors (Lipinski definition) is 6. The molecule has 0 spiro atoms. The van der Waals surface area contributed by atoms with Crippen LogP contribution in [-0.2, 0) is 0 Å². The van der Waals surface area contributed by atoms with Crippen LogP contribution in [0.3, 0.4) is 0 Å². The Balaban J connectivity index is 1.61. The van der Waals surface area contributed by atoms with E-state index >= 15 is 0 Å². The standard InChI is InChI=1S/C22H15N5O2/c28-22-26-20(18-8-4-11-24-21(18)27(22)29)25-15-6-3-5-14(13-15)16-10-12-23-19-9-2-1-7-17(16)19/h1-13,29H,(H,25,26,28). The number of para-hydroxylation sites is 1. The molecule has 0 aliphatic carbocycles. The first-order valence-electron chi connectivity index (χ1n) is 8.99. The summed E-state index contributed by atoms with van der Waals surface area (Å²) < 4.78 is 0.444. The number of anilines is 2. The Morgan fingerprint density at radius 2 is 1.72 bits per heavy atom. The molecule has 0 fully saturated rings. The summed E-state index contributed by atoms with van der Waals surface area (Å²) in [6.07, 6.45) is 3.30. The maximum atomic E-state index is 12.0. The Morgan fingerprint density at radius 1 is 0.862 bits per heavy atom. The second-order valence-corrected chi connectivity index (χ2v) is 6.51. The normalized spacial score (nSPS) is 11.0. The van der Waals surface area contributed by atoms with Gasteiger partial charge in [-0.25, -0.2) is 9.78 Å². The third-order valence-electron chi connectivity index (χ3n) is 4.72. The Kier molecular flexibility index (Phi) is 3.91. The van der Waals surface area contributed by atoms with Crippen molar-refractivity contribution in [3.63, 3.8) is 0 Å². The first kappa shape index (κ1) is 16.9. The minimum absolute atomic E-state index is 0.145. The molecule has 5 aromatic rings. The molecule has 0 aliphatic heterocycles. The van der Waals surface area contributed by atoms with E-state index in [4.69, 9.17) is 0 Å². The van der Waals surface area contributed by atoms with Crippen molar-refractivity contribution in [2.45, 2.75) is 0 Å². The summed E-state index contributed by atoms with van der Waals surface area (Å²) in [4.78, 5) is 24.4. The van der Waals surface area contributed by atoms with Crippen LogP contribution in [0.5, 0.6) is 0 Å². The number of pyridine rings is 2. The zero-order chi connectivity index (χ0) is 19.8. The lowest BCUT2D eigenvalue weighted by Crippen LogP contribution is -2.23. The largest absolute Gasteiger partial charge is 0.422 e. The van der Waals surface area contributed by atoms with Gasteiger partial charge >= 0.3 is 5.69 Å². The summed E-state index contributed by atoms with van der Waals surface area (Å²) >= 11 is 0. The molecule has 7 nitrogen and oxygen atoms in total. The van der Waals surface area contributed by atoms with Gasteiger partial charge in [-0.2, -0.15) is 4.98 Å². The van der Waals surface area contributed by atoms with Crippen LogP contribution in [0.1, 0.15) is 0 Å². The zero-order valence-corrected chi connectivity index (χ0v) is 15.1. The van der Waals surface area contributed by atoms with Gasteiger partial charge in [0.1, 0.15) is 5.82 Å². The van der Waals surface area contributed by atoms with Gasteiger partial charge in [-0.15, -0.1) is 4.73 Å². The molecule has 3 heterocycles. The first-order valence-corrected chi connectivity index (χ1v) is 8.99. The molecule has 0 saturated carbocycles. The van der Waals surface area contributed by atoms with E-state index in [2.05, 4.69) is 20.3 Å². The predicted molar refractivity (Wildman–Crippen MR) is 111 cm³/mol. The highest BCUT2D eigenvalue weighted by atomic mass is 16.5. The quantitative estimate of drug-likeness (QED) is 0.459. The molecule has 5 rings (SSSR count). The van der Waals surface area contributed by atoms with Crippen molar-refractivity contribution in [3.8, 4) is 11.1 Å². The topological polar surface area (TPSA) is 92.9 Å². The lowest BCUT2D eigenvalue weighted by atomic mass is 10.0. The van der Waals surface area contributed by atoms with Gasteiger partial charge in [0.25, 0.3) is 0 Å². The number of nitrogens with one attached hydrogen (secondary N) is 1. The van der Waals surface area contributed by atoms with Crippen LogP contribution in [0.15, 0.2) is 83.9 Å². The van der Waals surface area contributed by atoms with Gasteiger partial charge in [0.2, 0.25) is 0 Å². The molecule has 29 heavy (non-hydrogen) atoms. The monoisotopic (exact) mass is 381 g/mol. The number of rotatable bonds is 3. The smallest absolute Gasteiger partial charge is 0.384 e. The van der Waals surface area contributed by atoms with Crippen LogP contribution in [0.4, 0.5) is 11.5 Å². The predicted octanol–water partition coefficient (Wildman–Crippen LogP) is 3.99. The average molecular weight is 381 g/mol. The van der Waals surface area contributed by atoms with Crippen molar-refractivity contribution in [2.24, 2.45) is 0 Å². The van der Waals surface area contributed by atoms with Gasteiger partial charge < -0.3 is 10.5 Å². The van der Waals surface area contributed by atoms with E-state index in [9.17, 15) is 10.0 Å². The highest BCUT2D eigenvalue weighted by Gasteiger charge is 2.11. The van der Waals surface area contributed by atoms with Crippen LogP contribution in [0.25, 0.3) is 33.1 Å². The van der Waals surface area contributed by atoms with Gasteiger partial charge in [0.15, 0.2) is 5.65 Å². The van der Waals surface area contributed by atoms with Crippen molar-refractivity contribution in [2.75, 3.05) is 5.32 Å². The molecule has 0 radical (unpaired) electrons. The summed E-state index contributed by atoms with van der Waals surface area (Å²) in [5.74, 6) is 0.333. The van der Waals surface area contributed by atoms with Crippen LogP contribution in [-0.4, -0.2) is 24.9 Å². The Hall–Kier alpha value is -4.26. The fourth-order valence-corrected chi connectivity index (χ4v) is 3.39. The van der Waals surface area contributed by atoms with Crippen LogP contribution >= 0.6 is 0 Å². The zero-order valence-electron chi connectivity index (χ0n) is 15.1. The van der Waals surface area contributed by atoms with E-state index in [1.165, 1.54) is 6.20 Å². The maximum Gasteiger partial charge on any atom is 0.384 e. The first-order chi connectivity index (χ1) is 14.2. The number of hydrogen-bond donors (Lipinski definition) is 2. The summed E-state index contributed by atoms with van der Waals surface area (Å²) in [6.45, 7) is 0. The van der Waals surface area contributed by atoms with Gasteiger partial charge in [-0.05, 0) is 47.5 Å². The van der Waals surface area contributed by atoms with Crippen LogP contribution < -0.4 is 11.0 Å². The SMILES string of the molecule is O=c1nc(Nc2cccc(-c3ccnc4ccccc34)c2)c2cccnc2n1O. The number of nitrogens with zero attached hydrogens (tertiary/aromatic N) is 4. The number of aromatic nitrogens is 4. The van der Waals surface area contributed by atoms with E-state index in [0.29, 0.717) is 15.9 Å². The second-order valence-electron chi connectivity index (χ2n) is 6.51. The van der Waals surface area contributed by atoms with Crippen molar-refractivity contribution < 1.29 is 5.21 Å². The van der Waals surface area contributed by atoms with Gasteiger partial charge in [-0.1, -0.05) is 30.3 Å². The molecule has 3 aromatic heterocycles. The molecule has 2 N–H and O–H groups in total. The number of benzene rings is 2. The molecular formula is C22H15N5O2. The van der Waals surface area contributed by atoms with Crippen molar-refractivity contribution in [3.05, 3.63) is 89.6 Å². The lowest BCUT2D eigenvalue weighted by Gasteiger charge is -2.11. The van der Waals surface area contributed by atoms with Gasteiger partial charge in [0.05, 0.1) is 10.9 Å². The third-order valence-corrected chi connectivity index (χ3v) is 4.72. The minimum atomic E-state index is -0.796. The molecule has 140 valence electrons. The van der Waals surface area contributed by atoms with E-state index in [-0.39, 0.29) is 5.65 Å². The van der Waals surface area contributed by atoms with E-state index in [1.807, 2.05) is 54.6 Å². The fourth-order valence-electron chi connectivity index (χ4n) is 3.39. The Labute approximate surface area is 164 Å². The third kappa shape index (κ3) is 2.94. The van der Waals surface area contributed by atoms with Crippen molar-refractivity contribution in [1.82, 2.24) is 19.7 Å². The van der Waals surface area contributed by atoms with Gasteiger partial charge in [-0.3, -0.25) is 4.98 Å². The molecule has 0 saturated heterocycles. The lowest BCUT2D eigenvalue weighted by molar-refractivity contribution is 0.182. The second kappa shape index (κ2) is 6.72. The van der Waals surface area contributed by atoms with E-state index in [0.717, 1.165) is 27.7 Å². The summed E-state index contributed by atoms with van der Waals surface area (Å²) in [7, 11) is 0. The minimum Gasteiger partial charge on any atom is -0.422 e.